The van der Waals surface area contributed by atoms with Gasteiger partial charge in [0.2, 0.25) is 0 Å². The van der Waals surface area contributed by atoms with Gasteiger partial charge in [0.15, 0.2) is 17.5 Å². The van der Waals surface area contributed by atoms with Crippen LogP contribution in [0.2, 0.25) is 0 Å². The summed E-state index contributed by atoms with van der Waals surface area (Å²) in [7, 11) is 0. The molecule has 0 saturated heterocycles. The summed E-state index contributed by atoms with van der Waals surface area (Å²) in [4.78, 5) is 15.8. The lowest BCUT2D eigenvalue weighted by Gasteiger charge is -2.13. The van der Waals surface area contributed by atoms with Gasteiger partial charge in [0.05, 0.1) is 11.0 Å². The molecule has 0 aliphatic heterocycles. The van der Waals surface area contributed by atoms with Crippen molar-refractivity contribution in [3.05, 3.63) is 218 Å². The highest BCUT2D eigenvalue weighted by molar-refractivity contribution is 7.26. The highest BCUT2D eigenvalue weighted by atomic mass is 32.1. The number of hydrogen-bond acceptors (Lipinski definition) is 4. The molecule has 4 nitrogen and oxygen atoms in total. The lowest BCUT2D eigenvalue weighted by atomic mass is 9.95. The Balaban J connectivity index is 1.04. The number of fused-ring (bicyclic) bond motifs is 6. The van der Waals surface area contributed by atoms with Gasteiger partial charge in [-0.2, -0.15) is 0 Å². The minimum absolute atomic E-state index is 0.629. The van der Waals surface area contributed by atoms with E-state index < -0.39 is 0 Å². The van der Waals surface area contributed by atoms with E-state index in [1.807, 2.05) is 18.2 Å². The highest BCUT2D eigenvalue weighted by Crippen LogP contribution is 2.43. The van der Waals surface area contributed by atoms with Crippen molar-refractivity contribution in [2.45, 2.75) is 0 Å². The minimum atomic E-state index is 0.629. The maximum atomic E-state index is 5.36. The summed E-state index contributed by atoms with van der Waals surface area (Å²) in [6.45, 7) is 0. The average molecular weight is 809 g/mol. The van der Waals surface area contributed by atoms with Crippen LogP contribution in [0.1, 0.15) is 0 Å². The van der Waals surface area contributed by atoms with Gasteiger partial charge in [-0.3, -0.25) is 0 Å². The molecule has 0 amide bonds. The number of rotatable bonds is 7. The van der Waals surface area contributed by atoms with E-state index in [1.54, 1.807) is 11.3 Å². The van der Waals surface area contributed by atoms with Crippen LogP contribution in [0.4, 0.5) is 0 Å². The van der Waals surface area contributed by atoms with Crippen LogP contribution in [0, 0.1) is 0 Å². The third kappa shape index (κ3) is 6.26. The SMILES string of the molecule is c1ccc(-c2cc(-c3ccccc3)cc(-c3nc(-c4ccccc4)nc(-c4cccc5sc6ccc(-c7ccc8c(c7)c7ccccc7n8-c7ccccc7)cc6c45)n3)c2)cc1. The largest absolute Gasteiger partial charge is 0.309 e. The summed E-state index contributed by atoms with van der Waals surface area (Å²) in [5.41, 5.74) is 13.2. The van der Waals surface area contributed by atoms with E-state index in [9.17, 15) is 0 Å². The Morgan fingerprint density at radius 2 is 0.839 bits per heavy atom. The number of thiophene rings is 1. The van der Waals surface area contributed by atoms with E-state index in [1.165, 1.54) is 42.2 Å². The summed E-state index contributed by atoms with van der Waals surface area (Å²) in [6, 6.07) is 77.5. The fourth-order valence-corrected chi connectivity index (χ4v) is 10.0. The van der Waals surface area contributed by atoms with Gasteiger partial charge >= 0.3 is 0 Å². The molecule has 9 aromatic carbocycles. The third-order valence-corrected chi connectivity index (χ3v) is 13.0. The van der Waals surface area contributed by atoms with Crippen LogP contribution < -0.4 is 0 Å². The average Bonchev–Trinajstić information content (AvgIpc) is 3.90. The molecule has 3 heterocycles. The second kappa shape index (κ2) is 14.9. The van der Waals surface area contributed by atoms with Crippen molar-refractivity contribution < 1.29 is 0 Å². The number of benzene rings is 9. The lowest BCUT2D eigenvalue weighted by Crippen LogP contribution is -2.01. The zero-order valence-corrected chi connectivity index (χ0v) is 34.3. The summed E-state index contributed by atoms with van der Waals surface area (Å²) in [5.74, 6) is 1.91. The molecule has 0 N–H and O–H groups in total. The molecule has 12 aromatic rings. The molecule has 0 unspecified atom stereocenters. The molecule has 0 radical (unpaired) electrons. The molecule has 0 fully saturated rings. The summed E-state index contributed by atoms with van der Waals surface area (Å²) < 4.78 is 4.78. The number of aromatic nitrogens is 4. The van der Waals surface area contributed by atoms with Crippen molar-refractivity contribution in [1.29, 1.82) is 0 Å². The van der Waals surface area contributed by atoms with E-state index in [4.69, 9.17) is 15.0 Å². The van der Waals surface area contributed by atoms with Gasteiger partial charge in [-0.25, -0.2) is 15.0 Å². The van der Waals surface area contributed by atoms with Crippen LogP contribution in [0.15, 0.2) is 218 Å². The Hall–Kier alpha value is -7.99. The highest BCUT2D eigenvalue weighted by Gasteiger charge is 2.19. The Labute approximate surface area is 362 Å². The van der Waals surface area contributed by atoms with Crippen LogP contribution in [0.5, 0.6) is 0 Å². The van der Waals surface area contributed by atoms with Crippen LogP contribution in [0.3, 0.4) is 0 Å². The van der Waals surface area contributed by atoms with Gasteiger partial charge < -0.3 is 4.57 Å². The summed E-state index contributed by atoms with van der Waals surface area (Å²) >= 11 is 1.81. The third-order valence-electron chi connectivity index (χ3n) is 11.8. The molecule has 0 aliphatic rings. The van der Waals surface area contributed by atoms with Gasteiger partial charge in [-0.05, 0) is 100 Å². The molecular weight excluding hydrogens is 773 g/mol. The standard InChI is InChI=1S/C57H36N4S/c1-5-16-37(17-6-1)42-32-43(38-18-7-2-8-19-38)34-44(33-42)56-58-55(39-20-9-3-10-21-39)59-57(60-56)47-25-15-27-53-54(47)49-36-41(29-31-52(49)62-53)40-28-30-51-48(35-40)46-24-13-14-26-50(46)61(51)45-22-11-4-12-23-45/h1-36H. The van der Waals surface area contributed by atoms with Crippen molar-refractivity contribution in [2.24, 2.45) is 0 Å². The molecule has 0 saturated carbocycles. The van der Waals surface area contributed by atoms with Crippen LogP contribution >= 0.6 is 11.3 Å². The number of hydrogen-bond donors (Lipinski definition) is 0. The first-order valence-corrected chi connectivity index (χ1v) is 21.7. The van der Waals surface area contributed by atoms with E-state index in [0.29, 0.717) is 17.5 Å². The van der Waals surface area contributed by atoms with Crippen molar-refractivity contribution >= 4 is 53.3 Å². The maximum Gasteiger partial charge on any atom is 0.164 e. The molecule has 3 aromatic heterocycles. The second-order valence-corrected chi connectivity index (χ2v) is 16.7. The molecule has 0 atom stereocenters. The van der Waals surface area contributed by atoms with E-state index >= 15 is 0 Å². The summed E-state index contributed by atoms with van der Waals surface area (Å²) in [6.07, 6.45) is 0. The van der Waals surface area contributed by atoms with Crippen molar-refractivity contribution in [1.82, 2.24) is 19.5 Å². The smallest absolute Gasteiger partial charge is 0.164 e. The quantitative estimate of drug-likeness (QED) is 0.161. The van der Waals surface area contributed by atoms with Crippen LogP contribution in [-0.4, -0.2) is 19.5 Å². The van der Waals surface area contributed by atoms with Crippen LogP contribution in [0.25, 0.3) is 115 Å². The van der Waals surface area contributed by atoms with Crippen LogP contribution in [-0.2, 0) is 0 Å². The van der Waals surface area contributed by atoms with Gasteiger partial charge in [-0.15, -0.1) is 11.3 Å². The summed E-state index contributed by atoms with van der Waals surface area (Å²) in [5, 5.41) is 4.80. The van der Waals surface area contributed by atoms with Gasteiger partial charge in [0.25, 0.3) is 0 Å². The Kier molecular flexibility index (Phi) is 8.65. The lowest BCUT2D eigenvalue weighted by molar-refractivity contribution is 1.08. The molecule has 0 bridgehead atoms. The number of para-hydroxylation sites is 2. The Morgan fingerprint density at radius 1 is 0.306 bits per heavy atom. The van der Waals surface area contributed by atoms with Gasteiger partial charge in [-0.1, -0.05) is 152 Å². The fraction of sp³-hybridized carbons (Fsp3) is 0. The predicted molar refractivity (Wildman–Crippen MR) is 260 cm³/mol. The normalized spacial score (nSPS) is 11.5. The molecule has 12 rings (SSSR count). The second-order valence-electron chi connectivity index (χ2n) is 15.6. The molecule has 0 spiro atoms. The molecule has 5 heteroatoms. The maximum absolute atomic E-state index is 5.36. The fourth-order valence-electron chi connectivity index (χ4n) is 8.89. The molecule has 0 aliphatic carbocycles. The first kappa shape index (κ1) is 35.9. The topological polar surface area (TPSA) is 43.6 Å². The predicted octanol–water partition coefficient (Wildman–Crippen LogP) is 15.3. The minimum Gasteiger partial charge on any atom is -0.309 e. The first-order chi connectivity index (χ1) is 30.7. The molecule has 62 heavy (non-hydrogen) atoms. The van der Waals surface area contributed by atoms with E-state index in [0.717, 1.165) is 55.6 Å². The van der Waals surface area contributed by atoms with Crippen molar-refractivity contribution in [2.75, 3.05) is 0 Å². The number of nitrogens with zero attached hydrogens (tertiary/aromatic N) is 4. The van der Waals surface area contributed by atoms with Crippen molar-refractivity contribution in [3.63, 3.8) is 0 Å². The van der Waals surface area contributed by atoms with Crippen molar-refractivity contribution in [3.8, 4) is 73.2 Å². The van der Waals surface area contributed by atoms with E-state index in [2.05, 4.69) is 205 Å². The zero-order chi connectivity index (χ0) is 41.0. The Morgan fingerprint density at radius 3 is 1.53 bits per heavy atom. The Bertz CT molecular complexity index is 3560. The molecule has 290 valence electrons. The molecular formula is C57H36N4S. The van der Waals surface area contributed by atoms with Gasteiger partial charge in [0.1, 0.15) is 0 Å². The zero-order valence-electron chi connectivity index (χ0n) is 33.5. The van der Waals surface area contributed by atoms with Gasteiger partial charge in [0, 0.05) is 53.3 Å². The first-order valence-electron chi connectivity index (χ1n) is 20.8. The van der Waals surface area contributed by atoms with E-state index in [-0.39, 0.29) is 0 Å². The monoisotopic (exact) mass is 808 g/mol.